The lowest BCUT2D eigenvalue weighted by Crippen LogP contribution is -2.40. The van der Waals surface area contributed by atoms with Gasteiger partial charge in [-0.3, -0.25) is 9.69 Å². The molecule has 0 bridgehead atoms. The van der Waals surface area contributed by atoms with Crippen molar-refractivity contribution in [2.24, 2.45) is 0 Å². The highest BCUT2D eigenvalue weighted by Gasteiger charge is 2.49. The van der Waals surface area contributed by atoms with E-state index >= 15 is 0 Å². The van der Waals surface area contributed by atoms with Crippen molar-refractivity contribution in [2.75, 3.05) is 7.11 Å². The van der Waals surface area contributed by atoms with Crippen LogP contribution in [0.4, 0.5) is 4.79 Å². The summed E-state index contributed by atoms with van der Waals surface area (Å²) in [7, 11) is 1.48. The summed E-state index contributed by atoms with van der Waals surface area (Å²) in [5.74, 6) is 0.00295. The van der Waals surface area contributed by atoms with Gasteiger partial charge in [-0.15, -0.1) is 0 Å². The minimum Gasteiger partial charge on any atom is -0.481 e. The smallest absolute Gasteiger partial charge is 0.325 e. The lowest BCUT2D eigenvalue weighted by atomic mass is 9.91. The predicted octanol–water partition coefficient (Wildman–Crippen LogP) is 1.93. The van der Waals surface area contributed by atoms with Crippen LogP contribution in [0.5, 0.6) is 5.88 Å². The number of hydrogen-bond acceptors (Lipinski definition) is 5. The summed E-state index contributed by atoms with van der Waals surface area (Å²) in [6.07, 6.45) is 1.58. The Balaban J connectivity index is 1.90. The molecule has 3 rings (SSSR count). The van der Waals surface area contributed by atoms with Crippen molar-refractivity contribution in [1.82, 2.24) is 15.2 Å². The van der Waals surface area contributed by atoms with Crippen molar-refractivity contribution in [2.45, 2.75) is 19.0 Å². The molecule has 7 heteroatoms. The maximum absolute atomic E-state index is 12.9. The highest BCUT2D eigenvalue weighted by Crippen LogP contribution is 2.30. The molecule has 0 saturated carbocycles. The van der Waals surface area contributed by atoms with Gasteiger partial charge in [0.25, 0.3) is 5.91 Å². The molecule has 1 aliphatic rings. The second kappa shape index (κ2) is 6.24. The first kappa shape index (κ1) is 16.5. The van der Waals surface area contributed by atoms with Gasteiger partial charge < -0.3 is 10.1 Å². The largest absolute Gasteiger partial charge is 0.481 e. The SMILES string of the molecule is COc1ncccc1CN1C(=O)N[C@@](C)(c2ccc(C#N)cc2)C1=O. The first-order valence-corrected chi connectivity index (χ1v) is 7.62. The number of nitriles is 1. The Hall–Kier alpha value is -3.40. The fraction of sp³-hybridized carbons (Fsp3) is 0.222. The number of amides is 3. The molecule has 0 spiro atoms. The third kappa shape index (κ3) is 2.78. The summed E-state index contributed by atoms with van der Waals surface area (Å²) >= 11 is 0. The molecule has 1 N–H and O–H groups in total. The summed E-state index contributed by atoms with van der Waals surface area (Å²) in [5, 5.41) is 11.6. The Morgan fingerprint density at radius 1 is 1.28 bits per heavy atom. The number of ether oxygens (including phenoxy) is 1. The zero-order valence-corrected chi connectivity index (χ0v) is 13.8. The molecule has 1 atom stereocenters. The molecule has 1 aromatic carbocycles. The number of hydrogen-bond donors (Lipinski definition) is 1. The standard InChI is InChI=1S/C18H16N4O3/c1-18(14-7-5-12(10-19)6-8-14)16(23)22(17(24)21-18)11-13-4-3-9-20-15(13)25-2/h3-9H,11H2,1-2H3,(H,21,24)/t18-/m0/s1. The number of benzene rings is 1. The van der Waals surface area contributed by atoms with Crippen LogP contribution >= 0.6 is 0 Å². The monoisotopic (exact) mass is 336 g/mol. The van der Waals surface area contributed by atoms with Crippen LogP contribution < -0.4 is 10.1 Å². The van der Waals surface area contributed by atoms with E-state index in [0.29, 0.717) is 22.6 Å². The fourth-order valence-corrected chi connectivity index (χ4v) is 2.81. The van der Waals surface area contributed by atoms with E-state index in [4.69, 9.17) is 10.00 Å². The van der Waals surface area contributed by atoms with Gasteiger partial charge in [0.05, 0.1) is 25.3 Å². The maximum atomic E-state index is 12.9. The molecule has 2 heterocycles. The van der Waals surface area contributed by atoms with E-state index in [-0.39, 0.29) is 12.5 Å². The van der Waals surface area contributed by atoms with E-state index in [0.717, 1.165) is 4.90 Å². The van der Waals surface area contributed by atoms with Crippen LogP contribution in [0.15, 0.2) is 42.6 Å². The number of nitrogens with zero attached hydrogens (tertiary/aromatic N) is 3. The molecule has 126 valence electrons. The number of carbonyl (C=O) groups is 2. The summed E-state index contributed by atoms with van der Waals surface area (Å²) in [6, 6.07) is 11.6. The number of imide groups is 1. The normalized spacial score (nSPS) is 19.5. The number of aromatic nitrogens is 1. The van der Waals surface area contributed by atoms with Gasteiger partial charge >= 0.3 is 6.03 Å². The van der Waals surface area contributed by atoms with Crippen molar-refractivity contribution >= 4 is 11.9 Å². The van der Waals surface area contributed by atoms with Crippen molar-refractivity contribution in [3.8, 4) is 11.9 Å². The van der Waals surface area contributed by atoms with Crippen LogP contribution in [0.25, 0.3) is 0 Å². The Labute approximate surface area is 144 Å². The summed E-state index contributed by atoms with van der Waals surface area (Å²) < 4.78 is 5.18. The van der Waals surface area contributed by atoms with Crippen LogP contribution in [0.2, 0.25) is 0 Å². The molecule has 0 radical (unpaired) electrons. The number of rotatable bonds is 4. The molecule has 25 heavy (non-hydrogen) atoms. The maximum Gasteiger partial charge on any atom is 0.325 e. The van der Waals surface area contributed by atoms with Gasteiger partial charge in [0.1, 0.15) is 5.54 Å². The quantitative estimate of drug-likeness (QED) is 0.861. The van der Waals surface area contributed by atoms with Gasteiger partial charge in [-0.1, -0.05) is 18.2 Å². The summed E-state index contributed by atoms with van der Waals surface area (Å²) in [5.41, 5.74) is 0.560. The fourth-order valence-electron chi connectivity index (χ4n) is 2.81. The van der Waals surface area contributed by atoms with E-state index in [1.54, 1.807) is 49.5 Å². The number of methoxy groups -OCH3 is 1. The number of pyridine rings is 1. The van der Waals surface area contributed by atoms with Gasteiger partial charge in [0.15, 0.2) is 0 Å². The number of urea groups is 1. The van der Waals surface area contributed by atoms with E-state index in [2.05, 4.69) is 10.3 Å². The second-order valence-electron chi connectivity index (χ2n) is 5.81. The molecular formula is C18H16N4O3. The molecule has 7 nitrogen and oxygen atoms in total. The van der Waals surface area contributed by atoms with Gasteiger partial charge in [0.2, 0.25) is 5.88 Å². The minimum atomic E-state index is -1.18. The molecule has 0 aliphatic carbocycles. The Morgan fingerprint density at radius 2 is 2.00 bits per heavy atom. The Kier molecular flexibility index (Phi) is 4.11. The summed E-state index contributed by atoms with van der Waals surface area (Å²) in [4.78, 5) is 30.5. The predicted molar refractivity (Wildman–Crippen MR) is 88.4 cm³/mol. The van der Waals surface area contributed by atoms with E-state index in [1.807, 2.05) is 6.07 Å². The minimum absolute atomic E-state index is 0.0630. The van der Waals surface area contributed by atoms with Crippen molar-refractivity contribution in [3.05, 3.63) is 59.3 Å². The second-order valence-corrected chi connectivity index (χ2v) is 5.81. The Morgan fingerprint density at radius 3 is 2.64 bits per heavy atom. The van der Waals surface area contributed by atoms with E-state index in [9.17, 15) is 9.59 Å². The lowest BCUT2D eigenvalue weighted by molar-refractivity contribution is -0.131. The van der Waals surface area contributed by atoms with Gasteiger partial charge in [-0.05, 0) is 30.7 Å². The molecule has 3 amide bonds. The van der Waals surface area contributed by atoms with Crippen molar-refractivity contribution in [3.63, 3.8) is 0 Å². The molecule has 1 fully saturated rings. The van der Waals surface area contributed by atoms with Crippen LogP contribution in [0, 0.1) is 11.3 Å². The van der Waals surface area contributed by atoms with Crippen LogP contribution in [-0.4, -0.2) is 28.9 Å². The average molecular weight is 336 g/mol. The lowest BCUT2D eigenvalue weighted by Gasteiger charge is -2.22. The first-order chi connectivity index (χ1) is 12.0. The highest BCUT2D eigenvalue weighted by molar-refractivity contribution is 6.07. The molecule has 1 saturated heterocycles. The third-order valence-electron chi connectivity index (χ3n) is 4.24. The van der Waals surface area contributed by atoms with Crippen LogP contribution in [0.1, 0.15) is 23.6 Å². The van der Waals surface area contributed by atoms with Gasteiger partial charge in [0, 0.05) is 11.8 Å². The van der Waals surface area contributed by atoms with Crippen LogP contribution in [0.3, 0.4) is 0 Å². The summed E-state index contributed by atoms with van der Waals surface area (Å²) in [6.45, 7) is 1.71. The number of nitrogens with one attached hydrogen (secondary N) is 1. The molecule has 0 unspecified atom stereocenters. The van der Waals surface area contributed by atoms with E-state index < -0.39 is 11.6 Å². The zero-order chi connectivity index (χ0) is 18.0. The van der Waals surface area contributed by atoms with Gasteiger partial charge in [-0.25, -0.2) is 9.78 Å². The van der Waals surface area contributed by atoms with Crippen LogP contribution in [-0.2, 0) is 16.9 Å². The van der Waals surface area contributed by atoms with E-state index in [1.165, 1.54) is 7.11 Å². The van der Waals surface area contributed by atoms with Gasteiger partial charge in [-0.2, -0.15) is 5.26 Å². The van der Waals surface area contributed by atoms with Crippen molar-refractivity contribution in [1.29, 1.82) is 5.26 Å². The molecule has 2 aromatic rings. The molecular weight excluding hydrogens is 320 g/mol. The molecule has 1 aromatic heterocycles. The first-order valence-electron chi connectivity index (χ1n) is 7.62. The Bertz CT molecular complexity index is 873. The molecule has 1 aliphatic heterocycles. The van der Waals surface area contributed by atoms with Crippen molar-refractivity contribution < 1.29 is 14.3 Å². The average Bonchev–Trinajstić information content (AvgIpc) is 2.86. The highest BCUT2D eigenvalue weighted by atomic mass is 16.5. The zero-order valence-electron chi connectivity index (χ0n) is 13.8. The number of carbonyl (C=O) groups excluding carboxylic acids is 2. The topological polar surface area (TPSA) is 95.3 Å². The third-order valence-corrected chi connectivity index (χ3v) is 4.24.